The van der Waals surface area contributed by atoms with E-state index in [2.05, 4.69) is 5.32 Å². The van der Waals surface area contributed by atoms with Crippen molar-refractivity contribution in [2.75, 3.05) is 13.7 Å². The fourth-order valence-corrected chi connectivity index (χ4v) is 2.49. The molecule has 1 atom stereocenters. The van der Waals surface area contributed by atoms with Crippen molar-refractivity contribution in [2.24, 2.45) is 11.5 Å². The van der Waals surface area contributed by atoms with Gasteiger partial charge in [-0.05, 0) is 23.8 Å². The molecule has 2 aromatic rings. The van der Waals surface area contributed by atoms with Crippen LogP contribution in [0.3, 0.4) is 0 Å². The second-order valence-corrected chi connectivity index (χ2v) is 5.35. The molecule has 1 amide bonds. The summed E-state index contributed by atoms with van der Waals surface area (Å²) in [6, 6.07) is 14.3. The van der Waals surface area contributed by atoms with Crippen LogP contribution in [0.2, 0.25) is 0 Å². The van der Waals surface area contributed by atoms with Gasteiger partial charge in [-0.25, -0.2) is 0 Å². The van der Waals surface area contributed by atoms with Gasteiger partial charge in [0.2, 0.25) is 0 Å². The van der Waals surface area contributed by atoms with E-state index < -0.39 is 0 Å². The molecule has 0 aliphatic rings. The van der Waals surface area contributed by atoms with Crippen LogP contribution in [-0.4, -0.2) is 25.8 Å². The number of amides is 1. The van der Waals surface area contributed by atoms with E-state index in [-0.39, 0.29) is 11.9 Å². The summed E-state index contributed by atoms with van der Waals surface area (Å²) in [4.78, 5) is 12.6. The number of benzene rings is 2. The van der Waals surface area contributed by atoms with Gasteiger partial charge in [0.25, 0.3) is 5.91 Å². The third-order valence-corrected chi connectivity index (χ3v) is 3.85. The van der Waals surface area contributed by atoms with Gasteiger partial charge in [0.1, 0.15) is 5.75 Å². The summed E-state index contributed by atoms with van der Waals surface area (Å²) in [5.41, 5.74) is 13.9. The maximum Gasteiger partial charge on any atom is 0.251 e. The van der Waals surface area contributed by atoms with Crippen LogP contribution in [0, 0.1) is 5.41 Å². The van der Waals surface area contributed by atoms with Crippen LogP contribution < -0.4 is 21.5 Å². The molecule has 0 saturated heterocycles. The van der Waals surface area contributed by atoms with Gasteiger partial charge in [0.05, 0.1) is 13.2 Å². The van der Waals surface area contributed by atoms with E-state index in [1.54, 1.807) is 18.2 Å². The molecule has 2 aromatic carbocycles. The number of nitrogens with two attached hydrogens (primary N) is 2. The monoisotopic (exact) mass is 338 g/mol. The summed E-state index contributed by atoms with van der Waals surface area (Å²) in [5.74, 6) is 0.217. The van der Waals surface area contributed by atoms with E-state index in [1.807, 2.05) is 30.3 Å². The first-order valence-corrected chi connectivity index (χ1v) is 7.81. The molecule has 0 bridgehead atoms. The smallest absolute Gasteiger partial charge is 0.251 e. The topological polar surface area (TPSA) is 114 Å². The zero-order valence-corrected chi connectivity index (χ0v) is 14.0. The molecule has 0 radical (unpaired) electrons. The van der Waals surface area contributed by atoms with Gasteiger partial charge in [-0.2, -0.15) is 0 Å². The summed E-state index contributed by atoms with van der Waals surface area (Å²) < 4.78 is 5.33. The van der Waals surface area contributed by atoms with Gasteiger partial charge in [-0.3, -0.25) is 4.79 Å². The minimum atomic E-state index is -0.277. The minimum Gasteiger partial charge on any atom is -0.496 e. The molecule has 130 valence electrons. The fraction of sp³-hybridized carbons (Fsp3) is 0.158. The number of rotatable bonds is 7. The van der Waals surface area contributed by atoms with Crippen LogP contribution in [0.4, 0.5) is 0 Å². The van der Waals surface area contributed by atoms with Crippen molar-refractivity contribution in [1.82, 2.24) is 5.32 Å². The lowest BCUT2D eigenvalue weighted by molar-refractivity contribution is 0.0937. The number of nitrogens with one attached hydrogen (secondary N) is 2. The molecule has 6 nitrogen and oxygen atoms in total. The molecule has 0 spiro atoms. The predicted molar refractivity (Wildman–Crippen MR) is 99.6 cm³/mol. The molecular weight excluding hydrogens is 316 g/mol. The first-order valence-electron chi connectivity index (χ1n) is 7.81. The minimum absolute atomic E-state index is 0.253. The summed E-state index contributed by atoms with van der Waals surface area (Å²) in [6.07, 6.45) is 2.46. The van der Waals surface area contributed by atoms with Gasteiger partial charge in [0.15, 0.2) is 0 Å². The standard InChI is InChI=1S/C19H22N4O2/c1-25-18-9-14(7-8-16(18)15(10-20)11-21)19(24)23-17(12-22)13-5-3-2-4-6-13/h2-11,17,20H,12,21-22H2,1H3,(H,23,24)/b15-11+,20-10?/t17-/m1/s1. The number of carbonyl (C=O) groups excluding carboxylic acids is 1. The molecule has 6 heteroatoms. The number of hydrogen-bond donors (Lipinski definition) is 4. The van der Waals surface area contributed by atoms with Crippen LogP contribution in [0.1, 0.15) is 27.5 Å². The summed E-state index contributed by atoms with van der Waals surface area (Å²) in [5, 5.41) is 10.3. The third-order valence-electron chi connectivity index (χ3n) is 3.85. The van der Waals surface area contributed by atoms with Gasteiger partial charge in [0, 0.05) is 35.7 Å². The van der Waals surface area contributed by atoms with E-state index in [1.165, 1.54) is 13.3 Å². The van der Waals surface area contributed by atoms with Crippen LogP contribution in [-0.2, 0) is 0 Å². The predicted octanol–water partition coefficient (Wildman–Crippen LogP) is 2.07. The Morgan fingerprint density at radius 2 is 2.00 bits per heavy atom. The molecule has 2 rings (SSSR count). The van der Waals surface area contributed by atoms with Crippen LogP contribution >= 0.6 is 0 Å². The molecular formula is C19H22N4O2. The molecule has 0 saturated carbocycles. The number of carbonyl (C=O) groups is 1. The van der Waals surface area contributed by atoms with Crippen molar-refractivity contribution < 1.29 is 9.53 Å². The lowest BCUT2D eigenvalue weighted by atomic mass is 10.0. The molecule has 25 heavy (non-hydrogen) atoms. The van der Waals surface area contributed by atoms with E-state index in [4.69, 9.17) is 21.6 Å². The zero-order chi connectivity index (χ0) is 18.2. The largest absolute Gasteiger partial charge is 0.496 e. The Bertz CT molecular complexity index is 772. The van der Waals surface area contributed by atoms with E-state index in [0.717, 1.165) is 11.8 Å². The number of allylic oxidation sites excluding steroid dienone is 1. The molecule has 0 heterocycles. The molecule has 0 fully saturated rings. The van der Waals surface area contributed by atoms with Crippen molar-refractivity contribution in [1.29, 1.82) is 5.41 Å². The molecule has 0 aliphatic heterocycles. The number of methoxy groups -OCH3 is 1. The Kier molecular flexibility index (Phi) is 6.31. The first-order chi connectivity index (χ1) is 12.1. The summed E-state index contributed by atoms with van der Waals surface area (Å²) in [7, 11) is 1.51. The Labute approximate surface area is 147 Å². The average Bonchev–Trinajstić information content (AvgIpc) is 2.67. The first kappa shape index (κ1) is 18.2. The lowest BCUT2D eigenvalue weighted by Gasteiger charge is -2.18. The van der Waals surface area contributed by atoms with E-state index in [0.29, 0.717) is 29.0 Å². The lowest BCUT2D eigenvalue weighted by Crippen LogP contribution is -2.33. The van der Waals surface area contributed by atoms with Crippen molar-refractivity contribution in [3.63, 3.8) is 0 Å². The molecule has 0 aromatic heterocycles. The van der Waals surface area contributed by atoms with E-state index >= 15 is 0 Å². The van der Waals surface area contributed by atoms with E-state index in [9.17, 15) is 4.79 Å². The number of hydrogen-bond acceptors (Lipinski definition) is 5. The second kappa shape index (κ2) is 8.65. The van der Waals surface area contributed by atoms with Gasteiger partial charge >= 0.3 is 0 Å². The normalized spacial score (nSPS) is 12.3. The highest BCUT2D eigenvalue weighted by atomic mass is 16.5. The van der Waals surface area contributed by atoms with Crippen LogP contribution in [0.15, 0.2) is 54.7 Å². The highest BCUT2D eigenvalue weighted by Crippen LogP contribution is 2.26. The van der Waals surface area contributed by atoms with Crippen LogP contribution in [0.25, 0.3) is 5.57 Å². The fourth-order valence-electron chi connectivity index (χ4n) is 2.49. The van der Waals surface area contributed by atoms with Crippen molar-refractivity contribution in [3.8, 4) is 5.75 Å². The zero-order valence-electron chi connectivity index (χ0n) is 14.0. The quantitative estimate of drug-likeness (QED) is 0.579. The average molecular weight is 338 g/mol. The van der Waals surface area contributed by atoms with Crippen molar-refractivity contribution in [2.45, 2.75) is 6.04 Å². The molecule has 0 aliphatic carbocycles. The van der Waals surface area contributed by atoms with Crippen molar-refractivity contribution in [3.05, 3.63) is 71.4 Å². The Morgan fingerprint density at radius 3 is 2.56 bits per heavy atom. The maximum atomic E-state index is 12.6. The summed E-state index contributed by atoms with van der Waals surface area (Å²) >= 11 is 0. The Hall–Kier alpha value is -3.12. The Morgan fingerprint density at radius 1 is 1.28 bits per heavy atom. The van der Waals surface area contributed by atoms with Gasteiger partial charge in [-0.15, -0.1) is 0 Å². The molecule has 6 N–H and O–H groups in total. The second-order valence-electron chi connectivity index (χ2n) is 5.35. The van der Waals surface area contributed by atoms with Gasteiger partial charge in [-0.1, -0.05) is 30.3 Å². The highest BCUT2D eigenvalue weighted by molar-refractivity contribution is 6.09. The maximum absolute atomic E-state index is 12.6. The van der Waals surface area contributed by atoms with Crippen molar-refractivity contribution >= 4 is 17.7 Å². The highest BCUT2D eigenvalue weighted by Gasteiger charge is 2.16. The SMILES string of the molecule is COc1cc(C(=O)N[C@H](CN)c2ccccc2)ccc1/C(C=N)=C/N. The number of ether oxygens (including phenoxy) is 1. The molecule has 0 unspecified atom stereocenters. The van der Waals surface area contributed by atoms with Crippen LogP contribution in [0.5, 0.6) is 5.75 Å². The summed E-state index contributed by atoms with van der Waals surface area (Å²) in [6.45, 7) is 0.291. The third kappa shape index (κ3) is 4.24. The van der Waals surface area contributed by atoms with Gasteiger partial charge < -0.3 is 26.9 Å². The Balaban J connectivity index is 2.26.